The Labute approximate surface area is 132 Å². The maximum atomic E-state index is 12.0. The average molecular weight is 314 g/mol. The summed E-state index contributed by atoms with van der Waals surface area (Å²) in [4.78, 5) is 15.9. The number of esters is 1. The van der Waals surface area contributed by atoms with Crippen molar-refractivity contribution in [3.8, 4) is 5.69 Å². The van der Waals surface area contributed by atoms with E-state index in [1.54, 1.807) is 29.2 Å². The molecule has 0 saturated carbocycles. The highest BCUT2D eigenvalue weighted by Gasteiger charge is 2.11. The molecule has 2 heterocycles. The van der Waals surface area contributed by atoms with Crippen LogP contribution in [0, 0.1) is 0 Å². The summed E-state index contributed by atoms with van der Waals surface area (Å²) >= 11 is 5.70. The first-order valence-corrected chi connectivity index (χ1v) is 6.98. The lowest BCUT2D eigenvalue weighted by atomic mass is 10.3. The normalized spacial score (nSPS) is 10.4. The number of nitrogens with zero attached hydrogens (tertiary/aromatic N) is 3. The molecular weight excluding hydrogens is 302 g/mol. The van der Waals surface area contributed by atoms with Crippen LogP contribution in [0.3, 0.4) is 0 Å². The minimum Gasteiger partial charge on any atom is -0.457 e. The van der Waals surface area contributed by atoms with Gasteiger partial charge in [-0.1, -0.05) is 35.9 Å². The maximum absolute atomic E-state index is 12.0. The molecule has 0 amide bonds. The van der Waals surface area contributed by atoms with Crippen molar-refractivity contribution < 1.29 is 9.53 Å². The van der Waals surface area contributed by atoms with Gasteiger partial charge in [0.15, 0.2) is 0 Å². The summed E-state index contributed by atoms with van der Waals surface area (Å²) in [6, 6.07) is 12.9. The first kappa shape index (κ1) is 14.3. The number of carbonyl (C=O) groups is 1. The molecule has 0 fully saturated rings. The van der Waals surface area contributed by atoms with E-state index in [4.69, 9.17) is 16.3 Å². The molecular formula is C16H12ClN3O2. The number of halogens is 1. The van der Waals surface area contributed by atoms with Crippen molar-refractivity contribution in [1.29, 1.82) is 0 Å². The Morgan fingerprint density at radius 3 is 2.68 bits per heavy atom. The van der Waals surface area contributed by atoms with Gasteiger partial charge in [0, 0.05) is 18.0 Å². The minimum atomic E-state index is -0.433. The number of hydrogen-bond donors (Lipinski definition) is 0. The molecule has 3 rings (SSSR count). The van der Waals surface area contributed by atoms with Crippen LogP contribution < -0.4 is 0 Å². The van der Waals surface area contributed by atoms with Crippen LogP contribution in [0.2, 0.25) is 5.15 Å². The number of ether oxygens (including phenoxy) is 1. The molecule has 0 spiro atoms. The molecule has 0 saturated heterocycles. The molecule has 110 valence electrons. The standard InChI is InChI=1S/C16H12ClN3O2/c17-15-7-6-12(8-18-15)11-22-16(21)13-9-19-20(10-13)14-4-2-1-3-5-14/h1-10H,11H2. The van der Waals surface area contributed by atoms with Crippen LogP contribution in [0.25, 0.3) is 5.69 Å². The average Bonchev–Trinajstić information content (AvgIpc) is 3.05. The van der Waals surface area contributed by atoms with E-state index >= 15 is 0 Å². The van der Waals surface area contributed by atoms with E-state index in [0.29, 0.717) is 10.7 Å². The van der Waals surface area contributed by atoms with Crippen molar-refractivity contribution in [2.45, 2.75) is 6.61 Å². The van der Waals surface area contributed by atoms with Gasteiger partial charge in [-0.15, -0.1) is 0 Å². The monoisotopic (exact) mass is 313 g/mol. The largest absolute Gasteiger partial charge is 0.457 e. The van der Waals surface area contributed by atoms with Crippen molar-refractivity contribution in [3.63, 3.8) is 0 Å². The second-order valence-electron chi connectivity index (χ2n) is 4.57. The third-order valence-corrected chi connectivity index (χ3v) is 3.22. The Balaban J connectivity index is 1.66. The SMILES string of the molecule is O=C(OCc1ccc(Cl)nc1)c1cnn(-c2ccccc2)c1. The van der Waals surface area contributed by atoms with Gasteiger partial charge in [-0.05, 0) is 18.2 Å². The van der Waals surface area contributed by atoms with Gasteiger partial charge >= 0.3 is 5.97 Å². The van der Waals surface area contributed by atoms with E-state index < -0.39 is 5.97 Å². The molecule has 3 aromatic rings. The fraction of sp³-hybridized carbons (Fsp3) is 0.0625. The van der Waals surface area contributed by atoms with E-state index in [2.05, 4.69) is 10.1 Å². The van der Waals surface area contributed by atoms with Gasteiger partial charge in [-0.3, -0.25) is 0 Å². The molecule has 0 N–H and O–H groups in total. The first-order valence-electron chi connectivity index (χ1n) is 6.60. The number of carbonyl (C=O) groups excluding carboxylic acids is 1. The van der Waals surface area contributed by atoms with Crippen LogP contribution in [0.4, 0.5) is 0 Å². The predicted molar refractivity (Wildman–Crippen MR) is 81.9 cm³/mol. The molecule has 0 bridgehead atoms. The zero-order valence-corrected chi connectivity index (χ0v) is 12.3. The highest BCUT2D eigenvalue weighted by Crippen LogP contribution is 2.10. The van der Waals surface area contributed by atoms with Crippen LogP contribution in [0.15, 0.2) is 61.1 Å². The number of benzene rings is 1. The van der Waals surface area contributed by atoms with Crippen molar-refractivity contribution in [2.24, 2.45) is 0 Å². The van der Waals surface area contributed by atoms with Crippen LogP contribution >= 0.6 is 11.6 Å². The summed E-state index contributed by atoms with van der Waals surface area (Å²) in [6.45, 7) is 0.138. The molecule has 0 radical (unpaired) electrons. The zero-order valence-electron chi connectivity index (χ0n) is 11.5. The van der Waals surface area contributed by atoms with Gasteiger partial charge in [0.25, 0.3) is 0 Å². The van der Waals surface area contributed by atoms with Gasteiger partial charge in [0.1, 0.15) is 11.8 Å². The van der Waals surface area contributed by atoms with Gasteiger partial charge in [-0.25, -0.2) is 14.5 Å². The molecule has 5 nitrogen and oxygen atoms in total. The molecule has 0 aliphatic carbocycles. The summed E-state index contributed by atoms with van der Waals surface area (Å²) < 4.78 is 6.85. The molecule has 2 aromatic heterocycles. The zero-order chi connectivity index (χ0) is 15.4. The third kappa shape index (κ3) is 3.32. The van der Waals surface area contributed by atoms with Crippen molar-refractivity contribution in [2.75, 3.05) is 0 Å². The van der Waals surface area contributed by atoms with Crippen LogP contribution in [-0.2, 0) is 11.3 Å². The lowest BCUT2D eigenvalue weighted by molar-refractivity contribution is 0.0472. The smallest absolute Gasteiger partial charge is 0.341 e. The highest BCUT2D eigenvalue weighted by molar-refractivity contribution is 6.29. The van der Waals surface area contributed by atoms with Crippen molar-refractivity contribution >= 4 is 17.6 Å². The summed E-state index contributed by atoms with van der Waals surface area (Å²) in [6.07, 6.45) is 4.69. The maximum Gasteiger partial charge on any atom is 0.341 e. The van der Waals surface area contributed by atoms with Gasteiger partial charge in [0.05, 0.1) is 17.4 Å². The Bertz CT molecular complexity index is 770. The third-order valence-electron chi connectivity index (χ3n) is 3.00. The number of pyridine rings is 1. The second kappa shape index (κ2) is 6.41. The predicted octanol–water partition coefficient (Wildman–Crippen LogP) is 3.28. The second-order valence-corrected chi connectivity index (χ2v) is 4.96. The summed E-state index contributed by atoms with van der Waals surface area (Å²) in [5.41, 5.74) is 2.04. The van der Waals surface area contributed by atoms with E-state index in [-0.39, 0.29) is 6.61 Å². The van der Waals surface area contributed by atoms with Crippen molar-refractivity contribution in [3.05, 3.63) is 77.3 Å². The lowest BCUT2D eigenvalue weighted by Crippen LogP contribution is -2.04. The first-order chi connectivity index (χ1) is 10.7. The number of aromatic nitrogens is 3. The quantitative estimate of drug-likeness (QED) is 0.548. The van der Waals surface area contributed by atoms with Crippen LogP contribution in [0.1, 0.15) is 15.9 Å². The molecule has 1 aromatic carbocycles. The molecule has 0 atom stereocenters. The summed E-state index contributed by atoms with van der Waals surface area (Å²) in [5.74, 6) is -0.433. The Hall–Kier alpha value is -2.66. The summed E-state index contributed by atoms with van der Waals surface area (Å²) in [5, 5.41) is 4.56. The lowest BCUT2D eigenvalue weighted by Gasteiger charge is -2.03. The Morgan fingerprint density at radius 1 is 1.14 bits per heavy atom. The van der Waals surface area contributed by atoms with Gasteiger partial charge < -0.3 is 4.74 Å². The molecule has 0 aliphatic rings. The fourth-order valence-electron chi connectivity index (χ4n) is 1.87. The topological polar surface area (TPSA) is 57.0 Å². The number of rotatable bonds is 4. The van der Waals surface area contributed by atoms with Gasteiger partial charge in [0.2, 0.25) is 0 Å². The molecule has 22 heavy (non-hydrogen) atoms. The highest BCUT2D eigenvalue weighted by atomic mass is 35.5. The molecule has 0 aliphatic heterocycles. The molecule has 0 unspecified atom stereocenters. The van der Waals surface area contributed by atoms with E-state index in [1.165, 1.54) is 6.20 Å². The van der Waals surface area contributed by atoms with E-state index in [1.807, 2.05) is 30.3 Å². The number of para-hydroxylation sites is 1. The van der Waals surface area contributed by atoms with Crippen LogP contribution in [-0.4, -0.2) is 20.7 Å². The fourth-order valence-corrected chi connectivity index (χ4v) is 1.99. The van der Waals surface area contributed by atoms with Gasteiger partial charge in [-0.2, -0.15) is 5.10 Å². The Kier molecular flexibility index (Phi) is 4.16. The summed E-state index contributed by atoms with van der Waals surface area (Å²) in [7, 11) is 0. The number of hydrogen-bond acceptors (Lipinski definition) is 4. The van der Waals surface area contributed by atoms with E-state index in [9.17, 15) is 4.79 Å². The van der Waals surface area contributed by atoms with Crippen molar-refractivity contribution in [1.82, 2.24) is 14.8 Å². The molecule has 6 heteroatoms. The van der Waals surface area contributed by atoms with E-state index in [0.717, 1.165) is 11.3 Å². The minimum absolute atomic E-state index is 0.138. The van der Waals surface area contributed by atoms with Crippen LogP contribution in [0.5, 0.6) is 0 Å². The Morgan fingerprint density at radius 2 is 1.95 bits per heavy atom.